The lowest BCUT2D eigenvalue weighted by Gasteiger charge is -2.39. The molecule has 0 atom stereocenters. The van der Waals surface area contributed by atoms with Crippen LogP contribution >= 0.6 is 0 Å². The Morgan fingerprint density at radius 3 is 2.52 bits per heavy atom. The number of benzene rings is 1. The van der Waals surface area contributed by atoms with Gasteiger partial charge in [0.05, 0.1) is 29.6 Å². The molecule has 0 bridgehead atoms. The third-order valence-electron chi connectivity index (χ3n) is 6.19. The molecule has 0 saturated carbocycles. The fraction of sp³-hybridized carbons (Fsp3) is 0.320. The quantitative estimate of drug-likeness (QED) is 0.624. The number of anilines is 2. The van der Waals surface area contributed by atoms with Crippen molar-refractivity contribution < 1.29 is 18.7 Å². The van der Waals surface area contributed by atoms with Gasteiger partial charge in [-0.2, -0.15) is 0 Å². The van der Waals surface area contributed by atoms with Crippen LogP contribution in [-0.4, -0.2) is 54.0 Å². The van der Waals surface area contributed by atoms with E-state index in [1.54, 1.807) is 12.3 Å². The number of aromatic nitrogens is 1. The van der Waals surface area contributed by atoms with Crippen LogP contribution in [0.2, 0.25) is 0 Å². The van der Waals surface area contributed by atoms with E-state index in [4.69, 9.17) is 9.15 Å². The number of amides is 2. The number of nitrogens with zero attached hydrogens (tertiary/aromatic N) is 3. The second-order valence-electron chi connectivity index (χ2n) is 8.45. The molecular weight excluding hydrogens is 420 g/mol. The Balaban J connectivity index is 1.06. The van der Waals surface area contributed by atoms with E-state index in [-0.39, 0.29) is 23.8 Å². The van der Waals surface area contributed by atoms with Crippen LogP contribution < -0.4 is 15.0 Å². The molecule has 8 nitrogen and oxygen atoms in total. The zero-order valence-electron chi connectivity index (χ0n) is 18.2. The standard InChI is InChI=1S/C25H26N4O4/c30-24(19-15-29(16-19)21-2-1-10-26-14-21)27-20-3-5-22(6-4-20)33-23-7-11-28(12-8-23)25(31)18-9-13-32-17-18/h1-6,9-10,13-14,17,19,23H,7-8,11-12,15-16H2,(H,27,30). The molecule has 2 fully saturated rings. The normalized spacial score (nSPS) is 16.8. The van der Waals surface area contributed by atoms with Crippen molar-refractivity contribution in [1.29, 1.82) is 0 Å². The van der Waals surface area contributed by atoms with Gasteiger partial charge in [0, 0.05) is 50.9 Å². The third kappa shape index (κ3) is 4.84. The van der Waals surface area contributed by atoms with Crippen molar-refractivity contribution in [3.8, 4) is 5.75 Å². The monoisotopic (exact) mass is 446 g/mol. The third-order valence-corrected chi connectivity index (χ3v) is 6.19. The van der Waals surface area contributed by atoms with Crippen LogP contribution in [0.3, 0.4) is 0 Å². The van der Waals surface area contributed by atoms with Crippen molar-refractivity contribution in [2.75, 3.05) is 36.4 Å². The van der Waals surface area contributed by atoms with Crippen LogP contribution in [0.1, 0.15) is 23.2 Å². The van der Waals surface area contributed by atoms with E-state index in [1.165, 1.54) is 12.5 Å². The minimum atomic E-state index is -0.0314. The van der Waals surface area contributed by atoms with E-state index < -0.39 is 0 Å². The van der Waals surface area contributed by atoms with Crippen molar-refractivity contribution in [3.63, 3.8) is 0 Å². The predicted molar refractivity (Wildman–Crippen MR) is 123 cm³/mol. The number of carbonyl (C=O) groups is 2. The molecule has 2 aromatic heterocycles. The summed E-state index contributed by atoms with van der Waals surface area (Å²) < 4.78 is 11.1. The van der Waals surface area contributed by atoms with Gasteiger partial charge in [-0.25, -0.2) is 0 Å². The van der Waals surface area contributed by atoms with Gasteiger partial charge in [0.25, 0.3) is 5.91 Å². The number of carbonyl (C=O) groups excluding carboxylic acids is 2. The molecule has 1 N–H and O–H groups in total. The molecule has 3 aromatic rings. The second kappa shape index (κ2) is 9.36. The van der Waals surface area contributed by atoms with Gasteiger partial charge in [-0.1, -0.05) is 0 Å². The molecule has 2 saturated heterocycles. The van der Waals surface area contributed by atoms with Gasteiger partial charge in [0.2, 0.25) is 5.91 Å². The Labute approximate surface area is 192 Å². The lowest BCUT2D eigenvalue weighted by molar-refractivity contribution is -0.120. The summed E-state index contributed by atoms with van der Waals surface area (Å²) in [6.07, 6.45) is 8.16. The van der Waals surface area contributed by atoms with Gasteiger partial charge in [0.1, 0.15) is 18.1 Å². The number of rotatable bonds is 6. The molecule has 1 aromatic carbocycles. The number of nitrogens with one attached hydrogen (secondary N) is 1. The average Bonchev–Trinajstić information content (AvgIpc) is 3.35. The van der Waals surface area contributed by atoms with E-state index in [0.29, 0.717) is 31.7 Å². The maximum absolute atomic E-state index is 12.5. The summed E-state index contributed by atoms with van der Waals surface area (Å²) in [4.78, 5) is 33.0. The summed E-state index contributed by atoms with van der Waals surface area (Å²) in [6, 6.07) is 13.1. The summed E-state index contributed by atoms with van der Waals surface area (Å²) in [5, 5.41) is 2.99. The smallest absolute Gasteiger partial charge is 0.257 e. The fourth-order valence-electron chi connectivity index (χ4n) is 4.20. The van der Waals surface area contributed by atoms with E-state index in [2.05, 4.69) is 15.2 Å². The van der Waals surface area contributed by atoms with Gasteiger partial charge in [-0.05, 0) is 42.5 Å². The molecule has 4 heterocycles. The Hall–Kier alpha value is -3.81. The molecule has 5 rings (SSSR count). The summed E-state index contributed by atoms with van der Waals surface area (Å²) in [7, 11) is 0. The van der Waals surface area contributed by atoms with Crippen molar-refractivity contribution in [2.45, 2.75) is 18.9 Å². The van der Waals surface area contributed by atoms with Gasteiger partial charge in [-0.15, -0.1) is 0 Å². The first-order valence-corrected chi connectivity index (χ1v) is 11.2. The van der Waals surface area contributed by atoms with Crippen LogP contribution in [0.15, 0.2) is 71.8 Å². The molecule has 0 aliphatic carbocycles. The van der Waals surface area contributed by atoms with Crippen LogP contribution in [0.5, 0.6) is 5.75 Å². The maximum Gasteiger partial charge on any atom is 0.257 e. The lowest BCUT2D eigenvalue weighted by atomic mass is 9.98. The first-order chi connectivity index (χ1) is 16.2. The molecule has 0 unspecified atom stereocenters. The van der Waals surface area contributed by atoms with Crippen LogP contribution in [0, 0.1) is 5.92 Å². The van der Waals surface area contributed by atoms with Crippen LogP contribution in [0.4, 0.5) is 11.4 Å². The molecule has 0 spiro atoms. The molecule has 0 radical (unpaired) electrons. The Morgan fingerprint density at radius 2 is 1.85 bits per heavy atom. The summed E-state index contributed by atoms with van der Waals surface area (Å²) in [5.74, 6) is 0.755. The Kier molecular flexibility index (Phi) is 5.97. The van der Waals surface area contributed by atoms with Crippen LogP contribution in [0.25, 0.3) is 0 Å². The summed E-state index contributed by atoms with van der Waals surface area (Å²) in [6.45, 7) is 2.70. The lowest BCUT2D eigenvalue weighted by Crippen LogP contribution is -2.52. The van der Waals surface area contributed by atoms with Crippen LogP contribution in [-0.2, 0) is 4.79 Å². The molecule has 2 aliphatic rings. The Morgan fingerprint density at radius 1 is 1.06 bits per heavy atom. The van der Waals surface area contributed by atoms with E-state index in [9.17, 15) is 9.59 Å². The first kappa shape index (κ1) is 21.1. The highest BCUT2D eigenvalue weighted by Gasteiger charge is 2.33. The number of hydrogen-bond donors (Lipinski definition) is 1. The highest BCUT2D eigenvalue weighted by molar-refractivity contribution is 5.94. The number of furan rings is 1. The zero-order valence-corrected chi connectivity index (χ0v) is 18.2. The highest BCUT2D eigenvalue weighted by Crippen LogP contribution is 2.26. The topological polar surface area (TPSA) is 87.9 Å². The predicted octanol–water partition coefficient (Wildman–Crippen LogP) is 3.43. The first-order valence-electron chi connectivity index (χ1n) is 11.2. The number of piperidine rings is 1. The van der Waals surface area contributed by atoms with E-state index in [0.717, 1.165) is 30.0 Å². The number of ether oxygens (including phenoxy) is 1. The van der Waals surface area contributed by atoms with Crippen molar-refractivity contribution >= 4 is 23.2 Å². The molecule has 33 heavy (non-hydrogen) atoms. The maximum atomic E-state index is 12.5. The van der Waals surface area contributed by atoms with Crippen molar-refractivity contribution in [3.05, 3.63) is 72.9 Å². The zero-order chi connectivity index (χ0) is 22.6. The molecule has 2 amide bonds. The highest BCUT2D eigenvalue weighted by atomic mass is 16.5. The second-order valence-corrected chi connectivity index (χ2v) is 8.45. The van der Waals surface area contributed by atoms with E-state index >= 15 is 0 Å². The minimum absolute atomic E-state index is 0.00249. The minimum Gasteiger partial charge on any atom is -0.490 e. The molecule has 8 heteroatoms. The largest absolute Gasteiger partial charge is 0.490 e. The molecule has 2 aliphatic heterocycles. The van der Waals surface area contributed by atoms with Gasteiger partial charge < -0.3 is 24.3 Å². The number of likely N-dealkylation sites (tertiary alicyclic amines) is 1. The van der Waals surface area contributed by atoms with Crippen molar-refractivity contribution in [2.24, 2.45) is 5.92 Å². The molecular formula is C25H26N4O4. The summed E-state index contributed by atoms with van der Waals surface area (Å²) >= 11 is 0. The summed E-state index contributed by atoms with van der Waals surface area (Å²) in [5.41, 5.74) is 2.38. The molecule has 170 valence electrons. The SMILES string of the molecule is O=C(Nc1ccc(OC2CCN(C(=O)c3ccoc3)CC2)cc1)C1CN(c2cccnc2)C1. The van der Waals surface area contributed by atoms with E-state index in [1.807, 2.05) is 47.5 Å². The fourth-order valence-corrected chi connectivity index (χ4v) is 4.20. The average molecular weight is 447 g/mol. The van der Waals surface area contributed by atoms with Crippen molar-refractivity contribution in [1.82, 2.24) is 9.88 Å². The van der Waals surface area contributed by atoms with Gasteiger partial charge >= 0.3 is 0 Å². The van der Waals surface area contributed by atoms with Gasteiger partial charge in [0.15, 0.2) is 0 Å². The van der Waals surface area contributed by atoms with Gasteiger partial charge in [-0.3, -0.25) is 14.6 Å². The Bertz CT molecular complexity index is 1070. The number of hydrogen-bond acceptors (Lipinski definition) is 6. The number of pyridine rings is 1.